The summed E-state index contributed by atoms with van der Waals surface area (Å²) in [6.07, 6.45) is 1.52. The summed E-state index contributed by atoms with van der Waals surface area (Å²) in [6.45, 7) is -0.184. The first-order valence-corrected chi connectivity index (χ1v) is 6.94. The number of rotatable bonds is 5. The number of hydrazone groups is 1. The van der Waals surface area contributed by atoms with Crippen LogP contribution in [-0.4, -0.2) is 24.6 Å². The van der Waals surface area contributed by atoms with Gasteiger partial charge in [-0.25, -0.2) is 5.43 Å². The highest BCUT2D eigenvalue weighted by atomic mass is 35.5. The molecule has 0 bridgehead atoms. The average Bonchev–Trinajstić information content (AvgIpc) is 2.54. The zero-order valence-electron chi connectivity index (χ0n) is 11.6. The van der Waals surface area contributed by atoms with Gasteiger partial charge in [0.2, 0.25) is 0 Å². The summed E-state index contributed by atoms with van der Waals surface area (Å²) in [7, 11) is 0. The maximum Gasteiger partial charge on any atom is 0.259 e. The fraction of sp³-hybridized carbons (Fsp3) is 0.0625. The second-order valence-corrected chi connectivity index (χ2v) is 4.77. The molecule has 0 aromatic heterocycles. The van der Waals surface area contributed by atoms with Crippen LogP contribution in [0, 0.1) is 0 Å². The van der Waals surface area contributed by atoms with Crippen LogP contribution in [0.1, 0.15) is 15.9 Å². The maximum atomic E-state index is 11.9. The highest BCUT2D eigenvalue weighted by Crippen LogP contribution is 2.14. The molecule has 0 aliphatic carbocycles. The van der Waals surface area contributed by atoms with E-state index in [1.54, 1.807) is 24.3 Å². The Morgan fingerprint density at radius 1 is 1.05 bits per heavy atom. The second-order valence-electron chi connectivity index (χ2n) is 4.37. The Balaban J connectivity index is 1.80. The molecule has 0 aliphatic heterocycles. The molecule has 2 N–H and O–H groups in total. The molecule has 0 heterocycles. The number of benzene rings is 2. The lowest BCUT2D eigenvalue weighted by Crippen LogP contribution is -2.35. The lowest BCUT2D eigenvalue weighted by Gasteiger charge is -2.05. The van der Waals surface area contributed by atoms with Crippen molar-refractivity contribution in [3.05, 3.63) is 70.7 Å². The van der Waals surface area contributed by atoms with Crippen LogP contribution >= 0.6 is 11.6 Å². The largest absolute Gasteiger partial charge is 0.343 e. The third-order valence-corrected chi connectivity index (χ3v) is 3.06. The van der Waals surface area contributed by atoms with Crippen molar-refractivity contribution in [2.75, 3.05) is 6.54 Å². The molecule has 0 saturated heterocycles. The smallest absolute Gasteiger partial charge is 0.259 e. The average molecular weight is 316 g/mol. The van der Waals surface area contributed by atoms with Gasteiger partial charge in [-0.2, -0.15) is 5.10 Å². The topological polar surface area (TPSA) is 70.6 Å². The van der Waals surface area contributed by atoms with Gasteiger partial charge in [-0.1, -0.05) is 54.1 Å². The molecule has 0 fully saturated rings. The van der Waals surface area contributed by atoms with Gasteiger partial charge in [0.25, 0.3) is 11.8 Å². The standard InChI is InChI=1S/C16H14ClN3O2/c17-14-9-5-4-8-13(14)16(22)18-11-15(21)20-19-10-12-6-2-1-3-7-12/h1-10H,11H2,(H,18,22)(H,20,21)/b19-10-. The van der Waals surface area contributed by atoms with Crippen LogP contribution in [0.2, 0.25) is 5.02 Å². The number of halogens is 1. The Bertz CT molecular complexity index is 687. The summed E-state index contributed by atoms with van der Waals surface area (Å²) < 4.78 is 0. The molecule has 2 amide bonds. The van der Waals surface area contributed by atoms with Crippen molar-refractivity contribution >= 4 is 29.6 Å². The zero-order valence-corrected chi connectivity index (χ0v) is 12.4. The monoisotopic (exact) mass is 315 g/mol. The lowest BCUT2D eigenvalue weighted by atomic mass is 10.2. The van der Waals surface area contributed by atoms with E-state index in [4.69, 9.17) is 11.6 Å². The van der Waals surface area contributed by atoms with Crippen molar-refractivity contribution in [2.24, 2.45) is 5.10 Å². The number of hydrogen-bond acceptors (Lipinski definition) is 3. The van der Waals surface area contributed by atoms with Crippen molar-refractivity contribution in [1.82, 2.24) is 10.7 Å². The summed E-state index contributed by atoms with van der Waals surface area (Å²) >= 11 is 5.90. The minimum absolute atomic E-state index is 0.184. The van der Waals surface area contributed by atoms with E-state index in [1.165, 1.54) is 6.21 Å². The van der Waals surface area contributed by atoms with E-state index in [0.717, 1.165) is 5.56 Å². The number of amides is 2. The highest BCUT2D eigenvalue weighted by molar-refractivity contribution is 6.33. The summed E-state index contributed by atoms with van der Waals surface area (Å²) in [6, 6.07) is 16.0. The number of carbonyl (C=O) groups is 2. The van der Waals surface area contributed by atoms with Gasteiger partial charge in [0.15, 0.2) is 0 Å². The Hall–Kier alpha value is -2.66. The molecule has 2 aromatic rings. The van der Waals surface area contributed by atoms with Crippen LogP contribution in [0.5, 0.6) is 0 Å². The molecule has 5 nitrogen and oxygen atoms in total. The van der Waals surface area contributed by atoms with Gasteiger partial charge < -0.3 is 5.32 Å². The Labute approximate surface area is 133 Å². The van der Waals surface area contributed by atoms with E-state index in [1.807, 2.05) is 30.3 Å². The van der Waals surface area contributed by atoms with Crippen LogP contribution in [0.15, 0.2) is 59.7 Å². The van der Waals surface area contributed by atoms with E-state index in [-0.39, 0.29) is 6.54 Å². The van der Waals surface area contributed by atoms with E-state index in [2.05, 4.69) is 15.8 Å². The minimum Gasteiger partial charge on any atom is -0.343 e. The molecular formula is C16H14ClN3O2. The van der Waals surface area contributed by atoms with Gasteiger partial charge in [-0.15, -0.1) is 0 Å². The zero-order chi connectivity index (χ0) is 15.8. The molecule has 22 heavy (non-hydrogen) atoms. The first-order valence-electron chi connectivity index (χ1n) is 6.56. The van der Waals surface area contributed by atoms with Crippen LogP contribution < -0.4 is 10.7 Å². The molecule has 2 rings (SSSR count). The Morgan fingerprint density at radius 2 is 1.73 bits per heavy atom. The van der Waals surface area contributed by atoms with Gasteiger partial charge in [0.05, 0.1) is 23.3 Å². The molecule has 0 unspecified atom stereocenters. The molecule has 112 valence electrons. The van der Waals surface area contributed by atoms with Gasteiger partial charge in [0.1, 0.15) is 0 Å². The predicted molar refractivity (Wildman–Crippen MR) is 86.0 cm³/mol. The Morgan fingerprint density at radius 3 is 2.45 bits per heavy atom. The summed E-state index contributed by atoms with van der Waals surface area (Å²) in [5.41, 5.74) is 3.52. The molecule has 0 saturated carbocycles. The Kier molecular flexibility index (Phi) is 5.68. The first-order chi connectivity index (χ1) is 10.7. The molecular weight excluding hydrogens is 302 g/mol. The third-order valence-electron chi connectivity index (χ3n) is 2.73. The van der Waals surface area contributed by atoms with Crippen LogP contribution in [-0.2, 0) is 4.79 Å². The maximum absolute atomic E-state index is 11.9. The number of nitrogens with zero attached hydrogens (tertiary/aromatic N) is 1. The fourth-order valence-corrected chi connectivity index (χ4v) is 1.88. The third kappa shape index (κ3) is 4.71. The molecule has 0 spiro atoms. The van der Waals surface area contributed by atoms with Gasteiger partial charge in [-0.3, -0.25) is 9.59 Å². The molecule has 0 atom stereocenters. The molecule has 0 radical (unpaired) electrons. The fourth-order valence-electron chi connectivity index (χ4n) is 1.66. The molecule has 6 heteroatoms. The first kappa shape index (κ1) is 15.7. The predicted octanol–water partition coefficient (Wildman–Crippen LogP) is 2.22. The van der Waals surface area contributed by atoms with Crippen LogP contribution in [0.25, 0.3) is 0 Å². The molecule has 2 aromatic carbocycles. The SMILES string of the molecule is O=C(CNC(=O)c1ccccc1Cl)N/N=C\c1ccccc1. The number of hydrogen-bond donors (Lipinski definition) is 2. The van der Waals surface area contributed by atoms with E-state index >= 15 is 0 Å². The second kappa shape index (κ2) is 7.95. The lowest BCUT2D eigenvalue weighted by molar-refractivity contribution is -0.120. The number of carbonyl (C=O) groups excluding carboxylic acids is 2. The van der Waals surface area contributed by atoms with Crippen LogP contribution in [0.4, 0.5) is 0 Å². The van der Waals surface area contributed by atoms with Crippen molar-refractivity contribution in [3.8, 4) is 0 Å². The normalized spacial score (nSPS) is 10.4. The quantitative estimate of drug-likeness (QED) is 0.656. The summed E-state index contributed by atoms with van der Waals surface area (Å²) in [4.78, 5) is 23.4. The minimum atomic E-state index is -0.424. The van der Waals surface area contributed by atoms with E-state index < -0.39 is 11.8 Å². The summed E-state index contributed by atoms with van der Waals surface area (Å²) in [5.74, 6) is -0.833. The van der Waals surface area contributed by atoms with Gasteiger partial charge in [-0.05, 0) is 17.7 Å². The van der Waals surface area contributed by atoms with Crippen molar-refractivity contribution in [1.29, 1.82) is 0 Å². The van der Waals surface area contributed by atoms with Gasteiger partial charge >= 0.3 is 0 Å². The van der Waals surface area contributed by atoms with E-state index in [9.17, 15) is 9.59 Å². The van der Waals surface area contributed by atoms with Crippen LogP contribution in [0.3, 0.4) is 0 Å². The summed E-state index contributed by atoms with van der Waals surface area (Å²) in [5, 5.41) is 6.62. The van der Waals surface area contributed by atoms with E-state index in [0.29, 0.717) is 10.6 Å². The van der Waals surface area contributed by atoms with Crippen molar-refractivity contribution in [3.63, 3.8) is 0 Å². The highest BCUT2D eigenvalue weighted by Gasteiger charge is 2.10. The molecule has 0 aliphatic rings. The van der Waals surface area contributed by atoms with Crippen molar-refractivity contribution < 1.29 is 9.59 Å². The number of nitrogens with one attached hydrogen (secondary N) is 2. The van der Waals surface area contributed by atoms with Gasteiger partial charge in [0, 0.05) is 0 Å². The van der Waals surface area contributed by atoms with Crippen molar-refractivity contribution in [2.45, 2.75) is 0 Å².